The number of aliphatic hydroxyl groups excluding tert-OH is 1. The zero-order chi connectivity index (χ0) is 11.6. The molecule has 6 heteroatoms. The highest BCUT2D eigenvalue weighted by Crippen LogP contribution is 2.33. The molecule has 0 aliphatic rings. The summed E-state index contributed by atoms with van der Waals surface area (Å²) < 4.78 is 49.8. The van der Waals surface area contributed by atoms with E-state index in [1.807, 2.05) is 0 Å². The van der Waals surface area contributed by atoms with Crippen LogP contribution in [0.5, 0.6) is 0 Å². The third-order valence-corrected chi connectivity index (χ3v) is 1.75. The molecule has 1 N–H and O–H groups in total. The van der Waals surface area contributed by atoms with Crippen molar-refractivity contribution in [1.82, 2.24) is 0 Å². The van der Waals surface area contributed by atoms with Gasteiger partial charge >= 0.3 is 6.18 Å². The fourth-order valence-corrected chi connectivity index (χ4v) is 1.07. The van der Waals surface area contributed by atoms with Crippen molar-refractivity contribution in [3.8, 4) is 6.07 Å². The Morgan fingerprint density at radius 3 is 2.33 bits per heavy atom. The molecule has 1 rings (SSSR count). The minimum absolute atomic E-state index is 0.340. The molecule has 0 radical (unpaired) electrons. The Hall–Kier alpha value is -1.61. The number of alkyl halides is 3. The third-order valence-electron chi connectivity index (χ3n) is 1.75. The van der Waals surface area contributed by atoms with Crippen LogP contribution in [0.2, 0.25) is 0 Å². The van der Waals surface area contributed by atoms with E-state index >= 15 is 0 Å². The molecule has 0 bridgehead atoms. The van der Waals surface area contributed by atoms with Crippen molar-refractivity contribution in [3.05, 3.63) is 34.6 Å². The smallest absolute Gasteiger partial charge is 0.392 e. The molecule has 80 valence electrons. The molecule has 0 aromatic heterocycles. The summed E-state index contributed by atoms with van der Waals surface area (Å²) in [4.78, 5) is 0. The van der Waals surface area contributed by atoms with E-state index in [0.717, 1.165) is 6.07 Å². The van der Waals surface area contributed by atoms with Gasteiger partial charge in [0.05, 0.1) is 23.8 Å². The number of nitrogens with zero attached hydrogens (tertiary/aromatic N) is 1. The van der Waals surface area contributed by atoms with Crippen LogP contribution < -0.4 is 0 Å². The zero-order valence-electron chi connectivity index (χ0n) is 7.27. The van der Waals surface area contributed by atoms with Gasteiger partial charge in [-0.15, -0.1) is 0 Å². The van der Waals surface area contributed by atoms with Gasteiger partial charge in [-0.25, -0.2) is 4.39 Å². The Labute approximate surface area is 82.4 Å². The highest BCUT2D eigenvalue weighted by atomic mass is 19.4. The predicted octanol–water partition coefficient (Wildman–Crippen LogP) is 2.21. The number of hydrogen-bond acceptors (Lipinski definition) is 2. The van der Waals surface area contributed by atoms with Crippen LogP contribution in [-0.2, 0) is 12.8 Å². The van der Waals surface area contributed by atoms with E-state index in [9.17, 15) is 17.6 Å². The summed E-state index contributed by atoms with van der Waals surface area (Å²) in [6, 6.07) is 2.75. The van der Waals surface area contributed by atoms with Gasteiger partial charge in [0.15, 0.2) is 0 Å². The average molecular weight is 219 g/mol. The van der Waals surface area contributed by atoms with Gasteiger partial charge in [-0.2, -0.15) is 18.4 Å². The second-order valence-corrected chi connectivity index (χ2v) is 2.76. The Bertz CT molecular complexity index is 419. The lowest BCUT2D eigenvalue weighted by molar-refractivity contribution is -0.140. The van der Waals surface area contributed by atoms with Gasteiger partial charge in [0.2, 0.25) is 0 Å². The summed E-state index contributed by atoms with van der Waals surface area (Å²) in [7, 11) is 0. The normalized spacial score (nSPS) is 11.2. The van der Waals surface area contributed by atoms with Gasteiger partial charge in [-0.05, 0) is 12.1 Å². The van der Waals surface area contributed by atoms with E-state index in [1.165, 1.54) is 6.07 Å². The first-order valence-corrected chi connectivity index (χ1v) is 3.80. The van der Waals surface area contributed by atoms with Gasteiger partial charge in [0, 0.05) is 5.56 Å². The van der Waals surface area contributed by atoms with Gasteiger partial charge in [-0.1, -0.05) is 0 Å². The molecule has 0 spiro atoms. The highest BCUT2D eigenvalue weighted by Gasteiger charge is 2.35. The highest BCUT2D eigenvalue weighted by molar-refractivity contribution is 5.39. The van der Waals surface area contributed by atoms with Gasteiger partial charge < -0.3 is 5.11 Å². The minimum atomic E-state index is -4.87. The molecule has 0 atom stereocenters. The maximum absolute atomic E-state index is 13.1. The summed E-state index contributed by atoms with van der Waals surface area (Å²) in [5, 5.41) is 17.0. The van der Waals surface area contributed by atoms with Crippen molar-refractivity contribution in [2.75, 3.05) is 0 Å². The van der Waals surface area contributed by atoms with Crippen molar-refractivity contribution >= 4 is 0 Å². The largest absolute Gasteiger partial charge is 0.419 e. The lowest BCUT2D eigenvalue weighted by Gasteiger charge is -2.10. The van der Waals surface area contributed by atoms with Crippen LogP contribution in [-0.4, -0.2) is 5.11 Å². The average Bonchev–Trinajstić information content (AvgIpc) is 2.16. The number of hydrogen-bond donors (Lipinski definition) is 1. The lowest BCUT2D eigenvalue weighted by atomic mass is 10.1. The van der Waals surface area contributed by atoms with Crippen LogP contribution in [0.1, 0.15) is 16.7 Å². The Balaban J connectivity index is 3.46. The van der Waals surface area contributed by atoms with E-state index in [0.29, 0.717) is 6.07 Å². The second-order valence-electron chi connectivity index (χ2n) is 2.76. The zero-order valence-corrected chi connectivity index (χ0v) is 7.27. The molecule has 0 aliphatic heterocycles. The van der Waals surface area contributed by atoms with Crippen molar-refractivity contribution in [3.63, 3.8) is 0 Å². The van der Waals surface area contributed by atoms with Crippen LogP contribution in [0, 0.1) is 17.1 Å². The molecule has 1 aromatic carbocycles. The Kier molecular flexibility index (Phi) is 2.95. The van der Waals surface area contributed by atoms with E-state index < -0.39 is 29.7 Å². The maximum atomic E-state index is 13.1. The summed E-state index contributed by atoms with van der Waals surface area (Å²) >= 11 is 0. The molecule has 0 aliphatic carbocycles. The topological polar surface area (TPSA) is 44.0 Å². The number of halogens is 4. The molecule has 0 heterocycles. The van der Waals surface area contributed by atoms with Crippen LogP contribution >= 0.6 is 0 Å². The monoisotopic (exact) mass is 219 g/mol. The van der Waals surface area contributed by atoms with Crippen LogP contribution in [0.25, 0.3) is 0 Å². The van der Waals surface area contributed by atoms with Gasteiger partial charge in [0.25, 0.3) is 0 Å². The van der Waals surface area contributed by atoms with Gasteiger partial charge in [-0.3, -0.25) is 0 Å². The first-order chi connectivity index (χ1) is 6.90. The van der Waals surface area contributed by atoms with Crippen molar-refractivity contribution in [2.24, 2.45) is 0 Å². The van der Waals surface area contributed by atoms with Gasteiger partial charge in [0.1, 0.15) is 5.82 Å². The molecule has 0 saturated carbocycles. The quantitative estimate of drug-likeness (QED) is 0.736. The van der Waals surface area contributed by atoms with Crippen LogP contribution in [0.15, 0.2) is 12.1 Å². The minimum Gasteiger partial charge on any atom is -0.392 e. The number of nitriles is 1. The summed E-state index contributed by atoms with van der Waals surface area (Å²) in [5.74, 6) is -1.54. The SMILES string of the molecule is N#Cc1cc(CO)c(F)c(C(F)(F)F)c1. The standard InChI is InChI=1S/C9H5F4NO/c10-8-6(4-15)1-5(3-14)2-7(8)9(11,12)13/h1-2,15H,4H2. The lowest BCUT2D eigenvalue weighted by Crippen LogP contribution is -2.10. The molecule has 0 saturated heterocycles. The van der Waals surface area contributed by atoms with Crippen molar-refractivity contribution < 1.29 is 22.7 Å². The molecule has 0 unspecified atom stereocenters. The fourth-order valence-electron chi connectivity index (χ4n) is 1.07. The summed E-state index contributed by atoms with van der Waals surface area (Å²) in [6.07, 6.45) is -4.87. The molecular weight excluding hydrogens is 214 g/mol. The third kappa shape index (κ3) is 2.25. The molecule has 0 fully saturated rings. The number of benzene rings is 1. The first kappa shape index (κ1) is 11.5. The van der Waals surface area contributed by atoms with E-state index in [2.05, 4.69) is 0 Å². The van der Waals surface area contributed by atoms with Crippen molar-refractivity contribution in [2.45, 2.75) is 12.8 Å². The molecule has 0 amide bonds. The van der Waals surface area contributed by atoms with Crippen LogP contribution in [0.4, 0.5) is 17.6 Å². The summed E-state index contributed by atoms with van der Waals surface area (Å²) in [5.41, 5.74) is -2.42. The molecule has 2 nitrogen and oxygen atoms in total. The molecule has 15 heavy (non-hydrogen) atoms. The first-order valence-electron chi connectivity index (χ1n) is 3.80. The van der Waals surface area contributed by atoms with E-state index in [4.69, 9.17) is 10.4 Å². The van der Waals surface area contributed by atoms with Crippen LogP contribution in [0.3, 0.4) is 0 Å². The second kappa shape index (κ2) is 3.87. The maximum Gasteiger partial charge on any atom is 0.419 e. The number of rotatable bonds is 1. The van der Waals surface area contributed by atoms with E-state index in [-0.39, 0.29) is 5.56 Å². The Morgan fingerprint density at radius 1 is 1.33 bits per heavy atom. The molecular formula is C9H5F4NO. The van der Waals surface area contributed by atoms with Crippen molar-refractivity contribution in [1.29, 1.82) is 5.26 Å². The molecule has 1 aromatic rings. The summed E-state index contributed by atoms with van der Waals surface area (Å²) in [6.45, 7) is -0.884. The number of aliphatic hydroxyl groups is 1. The Morgan fingerprint density at radius 2 is 1.93 bits per heavy atom. The predicted molar refractivity (Wildman–Crippen MR) is 42.0 cm³/mol. The van der Waals surface area contributed by atoms with E-state index in [1.54, 1.807) is 0 Å². The fraction of sp³-hybridized carbons (Fsp3) is 0.222.